The summed E-state index contributed by atoms with van der Waals surface area (Å²) in [7, 11) is -3.64. The Hall–Kier alpha value is -2.30. The van der Waals surface area contributed by atoms with Crippen molar-refractivity contribution in [1.29, 1.82) is 0 Å². The fourth-order valence-electron chi connectivity index (χ4n) is 1.44. The van der Waals surface area contributed by atoms with Crippen molar-refractivity contribution in [2.75, 3.05) is 11.3 Å². The number of aromatic amines is 1. The summed E-state index contributed by atoms with van der Waals surface area (Å²) in [6, 6.07) is 6.65. The summed E-state index contributed by atoms with van der Waals surface area (Å²) in [5, 5.41) is 8.62. The largest absolute Gasteiger partial charge is 0.395 e. The van der Waals surface area contributed by atoms with Gasteiger partial charge < -0.3 is 10.1 Å². The first-order valence-electron chi connectivity index (χ1n) is 5.83. The molecule has 2 aromatic rings. The molecule has 0 saturated carbocycles. The number of H-pyrrole nitrogens is 1. The maximum Gasteiger partial charge on any atom is 0.278 e. The first kappa shape index (κ1) is 14.1. The molecular weight excluding hydrogens is 278 g/mol. The van der Waals surface area contributed by atoms with Crippen LogP contribution in [0.15, 0.2) is 41.8 Å². The summed E-state index contributed by atoms with van der Waals surface area (Å²) < 4.78 is 26.3. The van der Waals surface area contributed by atoms with Crippen LogP contribution in [-0.4, -0.2) is 30.1 Å². The van der Waals surface area contributed by atoms with Crippen LogP contribution in [-0.2, 0) is 10.0 Å². The summed E-state index contributed by atoms with van der Waals surface area (Å²) in [4.78, 5) is 6.21. The number of hydrogen-bond donors (Lipinski definition) is 3. The molecule has 0 bridgehead atoms. The molecule has 0 aliphatic rings. The highest BCUT2D eigenvalue weighted by Crippen LogP contribution is 2.14. The maximum absolute atomic E-state index is 11.9. The zero-order valence-electron chi connectivity index (χ0n) is 10.5. The van der Waals surface area contributed by atoms with Gasteiger partial charge in [-0.25, -0.2) is 4.98 Å². The van der Waals surface area contributed by atoms with E-state index >= 15 is 0 Å². The maximum atomic E-state index is 11.9. The number of aliphatic hydroxyl groups excluding tert-OH is 1. The second-order valence-electron chi connectivity index (χ2n) is 3.87. The van der Waals surface area contributed by atoms with Crippen LogP contribution >= 0.6 is 0 Å². The summed E-state index contributed by atoms with van der Waals surface area (Å²) in [5.74, 6) is 5.65. The monoisotopic (exact) mass is 291 g/mol. The van der Waals surface area contributed by atoms with Crippen LogP contribution in [0.3, 0.4) is 0 Å². The fraction of sp³-hybridized carbons (Fsp3) is 0.154. The summed E-state index contributed by atoms with van der Waals surface area (Å²) >= 11 is 0. The predicted octanol–water partition coefficient (Wildman–Crippen LogP) is 0.944. The average molecular weight is 291 g/mol. The molecule has 0 atom stereocenters. The number of nitrogens with one attached hydrogen (secondary N) is 2. The summed E-state index contributed by atoms with van der Waals surface area (Å²) in [6.07, 6.45) is 2.94. The van der Waals surface area contributed by atoms with E-state index in [1.807, 2.05) is 0 Å². The van der Waals surface area contributed by atoms with Crippen molar-refractivity contribution in [3.05, 3.63) is 42.4 Å². The van der Waals surface area contributed by atoms with Gasteiger partial charge in [0.05, 0.1) is 19.1 Å². The molecule has 2 rings (SSSR count). The highest BCUT2D eigenvalue weighted by atomic mass is 32.2. The molecule has 3 N–H and O–H groups in total. The molecule has 0 fully saturated rings. The van der Waals surface area contributed by atoms with Gasteiger partial charge in [0.15, 0.2) is 5.03 Å². The predicted molar refractivity (Wildman–Crippen MR) is 74.4 cm³/mol. The number of imidazole rings is 1. The van der Waals surface area contributed by atoms with Gasteiger partial charge in [-0.3, -0.25) is 4.72 Å². The van der Waals surface area contributed by atoms with Crippen LogP contribution < -0.4 is 4.72 Å². The van der Waals surface area contributed by atoms with Gasteiger partial charge in [0.25, 0.3) is 10.0 Å². The zero-order valence-corrected chi connectivity index (χ0v) is 11.3. The molecule has 7 heteroatoms. The standard InChI is InChI=1S/C13H13N3O3S/c17-8-2-1-3-11-4-6-12(7-5-11)16-20(18,19)13-9-14-10-15-13/h4-7,9-10,16-17H,2,8H2,(H,14,15). The molecule has 104 valence electrons. The minimum Gasteiger partial charge on any atom is -0.395 e. The van der Waals surface area contributed by atoms with Crippen LogP contribution in [0.5, 0.6) is 0 Å². The Labute approximate surface area is 116 Å². The van der Waals surface area contributed by atoms with E-state index < -0.39 is 10.0 Å². The van der Waals surface area contributed by atoms with Gasteiger partial charge in [-0.1, -0.05) is 11.8 Å². The van der Waals surface area contributed by atoms with E-state index in [-0.39, 0.29) is 11.6 Å². The van der Waals surface area contributed by atoms with Crippen LogP contribution in [0, 0.1) is 11.8 Å². The Morgan fingerprint density at radius 3 is 2.65 bits per heavy atom. The van der Waals surface area contributed by atoms with Crippen molar-refractivity contribution in [2.45, 2.75) is 11.4 Å². The quantitative estimate of drug-likeness (QED) is 0.731. The van der Waals surface area contributed by atoms with E-state index in [1.165, 1.54) is 12.5 Å². The lowest BCUT2D eigenvalue weighted by molar-refractivity contribution is 0.305. The van der Waals surface area contributed by atoms with Crippen LogP contribution in [0.4, 0.5) is 5.69 Å². The molecule has 0 radical (unpaired) electrons. The van der Waals surface area contributed by atoms with E-state index in [0.29, 0.717) is 12.1 Å². The van der Waals surface area contributed by atoms with E-state index in [9.17, 15) is 8.42 Å². The third kappa shape index (κ3) is 3.60. The van der Waals surface area contributed by atoms with E-state index in [4.69, 9.17) is 5.11 Å². The Balaban J connectivity index is 2.10. The van der Waals surface area contributed by atoms with Gasteiger partial charge in [0, 0.05) is 17.7 Å². The molecule has 1 aromatic heterocycles. The zero-order chi connectivity index (χ0) is 14.4. The Bertz CT molecular complexity index is 710. The molecule has 20 heavy (non-hydrogen) atoms. The number of benzene rings is 1. The minimum absolute atomic E-state index is 0.00399. The Kier molecular flexibility index (Phi) is 4.40. The van der Waals surface area contributed by atoms with E-state index in [1.54, 1.807) is 24.3 Å². The topological polar surface area (TPSA) is 95.1 Å². The smallest absolute Gasteiger partial charge is 0.278 e. The van der Waals surface area contributed by atoms with Crippen LogP contribution in [0.25, 0.3) is 0 Å². The highest BCUT2D eigenvalue weighted by molar-refractivity contribution is 7.92. The van der Waals surface area contributed by atoms with Crippen molar-refractivity contribution in [1.82, 2.24) is 9.97 Å². The number of aromatic nitrogens is 2. The third-order valence-electron chi connectivity index (χ3n) is 2.37. The first-order chi connectivity index (χ1) is 9.62. The molecule has 0 unspecified atom stereocenters. The van der Waals surface area contributed by atoms with Crippen molar-refractivity contribution in [2.24, 2.45) is 0 Å². The first-order valence-corrected chi connectivity index (χ1v) is 7.31. The second-order valence-corrected chi connectivity index (χ2v) is 5.52. The van der Waals surface area contributed by atoms with Crippen molar-refractivity contribution in [3.8, 4) is 11.8 Å². The number of nitrogens with zero attached hydrogens (tertiary/aromatic N) is 1. The van der Waals surface area contributed by atoms with Gasteiger partial charge in [-0.2, -0.15) is 8.42 Å². The SMILES string of the molecule is O=S(=O)(Nc1ccc(C#CCCO)cc1)c1cnc[nH]1. The number of aliphatic hydroxyl groups is 1. The van der Waals surface area contributed by atoms with Gasteiger partial charge in [0.1, 0.15) is 0 Å². The third-order valence-corrected chi connectivity index (χ3v) is 3.68. The molecule has 0 spiro atoms. The number of hydrogen-bond acceptors (Lipinski definition) is 4. The fourth-order valence-corrected chi connectivity index (χ4v) is 2.41. The summed E-state index contributed by atoms with van der Waals surface area (Å²) in [6.45, 7) is 0.0229. The number of anilines is 1. The average Bonchev–Trinajstić information content (AvgIpc) is 2.95. The van der Waals surface area contributed by atoms with Crippen LogP contribution in [0.1, 0.15) is 12.0 Å². The van der Waals surface area contributed by atoms with Crippen molar-refractivity contribution < 1.29 is 13.5 Å². The molecule has 0 saturated heterocycles. The second kappa shape index (κ2) is 6.23. The van der Waals surface area contributed by atoms with E-state index in [0.717, 1.165) is 5.56 Å². The molecule has 0 amide bonds. The molecule has 1 heterocycles. The number of rotatable bonds is 4. The molecule has 1 aromatic carbocycles. The molecule has 6 nitrogen and oxygen atoms in total. The summed E-state index contributed by atoms with van der Waals surface area (Å²) in [5.41, 5.74) is 1.19. The Morgan fingerprint density at radius 2 is 2.05 bits per heavy atom. The normalized spacial score (nSPS) is 10.7. The van der Waals surface area contributed by atoms with E-state index in [2.05, 4.69) is 26.5 Å². The van der Waals surface area contributed by atoms with Gasteiger partial charge >= 0.3 is 0 Å². The lowest BCUT2D eigenvalue weighted by Crippen LogP contribution is -2.13. The number of sulfonamides is 1. The molecule has 0 aliphatic heterocycles. The van der Waals surface area contributed by atoms with Crippen molar-refractivity contribution >= 4 is 15.7 Å². The highest BCUT2D eigenvalue weighted by Gasteiger charge is 2.15. The van der Waals surface area contributed by atoms with Gasteiger partial charge in [0.2, 0.25) is 0 Å². The van der Waals surface area contributed by atoms with Gasteiger partial charge in [-0.05, 0) is 24.3 Å². The van der Waals surface area contributed by atoms with Gasteiger partial charge in [-0.15, -0.1) is 0 Å². The minimum atomic E-state index is -3.64. The Morgan fingerprint density at radius 1 is 1.30 bits per heavy atom. The molecular formula is C13H13N3O3S. The molecule has 0 aliphatic carbocycles. The lowest BCUT2D eigenvalue weighted by Gasteiger charge is -2.05. The lowest BCUT2D eigenvalue weighted by atomic mass is 10.2. The van der Waals surface area contributed by atoms with Crippen molar-refractivity contribution in [3.63, 3.8) is 0 Å². The van der Waals surface area contributed by atoms with Crippen LogP contribution in [0.2, 0.25) is 0 Å².